The van der Waals surface area contributed by atoms with Gasteiger partial charge in [0.25, 0.3) is 11.8 Å². The van der Waals surface area contributed by atoms with Crippen molar-refractivity contribution in [3.8, 4) is 11.1 Å². The predicted octanol–water partition coefficient (Wildman–Crippen LogP) is 10.3. The van der Waals surface area contributed by atoms with Gasteiger partial charge in [0.05, 0.1) is 21.4 Å². The highest BCUT2D eigenvalue weighted by Crippen LogP contribution is 2.37. The number of ketones is 2. The van der Waals surface area contributed by atoms with Crippen LogP contribution in [0.15, 0.2) is 93.3 Å². The van der Waals surface area contributed by atoms with Gasteiger partial charge in [-0.1, -0.05) is 99.4 Å². The smallest absolute Gasteiger partial charge is 0.258 e. The first-order valence-corrected chi connectivity index (χ1v) is 17.9. The summed E-state index contributed by atoms with van der Waals surface area (Å²) in [5.74, 6) is -2.05. The summed E-state index contributed by atoms with van der Waals surface area (Å²) in [5, 5.41) is 22.9. The van der Waals surface area contributed by atoms with E-state index in [2.05, 4.69) is 31.1 Å². The molecule has 4 aromatic rings. The Labute approximate surface area is 314 Å². The van der Waals surface area contributed by atoms with E-state index in [-0.39, 0.29) is 0 Å². The Bertz CT molecular complexity index is 1860. The molecule has 0 aromatic heterocycles. The molecule has 52 heavy (non-hydrogen) atoms. The minimum absolute atomic E-state index is 0.299. The largest absolute Gasteiger partial charge is 0.323 e. The van der Waals surface area contributed by atoms with Crippen LogP contribution < -0.4 is 10.6 Å². The van der Waals surface area contributed by atoms with E-state index in [1.54, 1.807) is 36.4 Å². The van der Waals surface area contributed by atoms with E-state index in [1.165, 1.54) is 13.8 Å². The number of para-hydroxylation sites is 2. The molecule has 4 aromatic carbocycles. The molecular formula is C40H42Cl2N6O4. The van der Waals surface area contributed by atoms with Crippen molar-refractivity contribution in [2.75, 3.05) is 10.6 Å². The van der Waals surface area contributed by atoms with Crippen LogP contribution in [-0.4, -0.2) is 35.5 Å². The highest BCUT2D eigenvalue weighted by Gasteiger charge is 2.26. The van der Waals surface area contributed by atoms with E-state index >= 15 is 0 Å². The highest BCUT2D eigenvalue weighted by molar-refractivity contribution is 6.36. The first-order valence-electron chi connectivity index (χ1n) is 17.2. The summed E-state index contributed by atoms with van der Waals surface area (Å²) >= 11 is 13.3. The molecule has 0 radical (unpaired) electrons. The Hall–Kier alpha value is -5.06. The molecule has 0 aliphatic carbocycles. The molecule has 2 amide bonds. The van der Waals surface area contributed by atoms with Gasteiger partial charge in [0.1, 0.15) is 0 Å². The number of anilines is 2. The van der Waals surface area contributed by atoms with Gasteiger partial charge in [-0.15, -0.1) is 0 Å². The third-order valence-corrected chi connectivity index (χ3v) is 9.16. The van der Waals surface area contributed by atoms with E-state index in [4.69, 9.17) is 23.2 Å². The fraction of sp³-hybridized carbons (Fsp3) is 0.300. The third kappa shape index (κ3) is 9.63. The molecule has 0 fully saturated rings. The Morgan fingerprint density at radius 3 is 1.15 bits per heavy atom. The van der Waals surface area contributed by atoms with Crippen LogP contribution in [0.1, 0.15) is 63.8 Å². The Kier molecular flexibility index (Phi) is 14.1. The number of carbonyl (C=O) groups is 4. The van der Waals surface area contributed by atoms with Crippen molar-refractivity contribution in [2.45, 2.75) is 79.3 Å². The molecule has 0 spiro atoms. The highest BCUT2D eigenvalue weighted by atomic mass is 35.5. The van der Waals surface area contributed by atoms with Gasteiger partial charge in [0, 0.05) is 22.5 Å². The number of azo groups is 2. The van der Waals surface area contributed by atoms with Gasteiger partial charge in [-0.25, -0.2) is 0 Å². The number of nitrogens with one attached hydrogen (secondary N) is 2. The average Bonchev–Trinajstić information content (AvgIpc) is 3.12. The maximum atomic E-state index is 13.2. The molecule has 2 N–H and O–H groups in total. The van der Waals surface area contributed by atoms with Gasteiger partial charge in [-0.2, -0.15) is 20.5 Å². The number of amides is 2. The van der Waals surface area contributed by atoms with Crippen molar-refractivity contribution in [3.63, 3.8) is 0 Å². The molecule has 0 saturated carbocycles. The van der Waals surface area contributed by atoms with Crippen molar-refractivity contribution >= 4 is 69.3 Å². The fourth-order valence-electron chi connectivity index (χ4n) is 5.64. The van der Waals surface area contributed by atoms with E-state index in [0.717, 1.165) is 22.3 Å². The summed E-state index contributed by atoms with van der Waals surface area (Å²) in [6, 6.07) is 18.7. The molecule has 0 aliphatic heterocycles. The summed E-state index contributed by atoms with van der Waals surface area (Å²) in [6.07, 6.45) is 2.85. The molecule has 0 aliphatic rings. The quantitative estimate of drug-likeness (QED) is 0.0924. The number of carbonyl (C=O) groups excluding carboxylic acids is 4. The zero-order valence-corrected chi connectivity index (χ0v) is 31.6. The van der Waals surface area contributed by atoms with Gasteiger partial charge in [-0.05, 0) is 86.1 Å². The maximum absolute atomic E-state index is 13.2. The molecule has 0 saturated heterocycles. The third-order valence-electron chi connectivity index (χ3n) is 8.53. The van der Waals surface area contributed by atoms with Gasteiger partial charge >= 0.3 is 0 Å². The maximum Gasteiger partial charge on any atom is 0.258 e. The van der Waals surface area contributed by atoms with E-state index in [0.29, 0.717) is 69.6 Å². The zero-order valence-electron chi connectivity index (χ0n) is 30.1. The number of Topliss-reactive ketones (excluding diaryl/α,β-unsaturated/α-hetero) is 2. The molecule has 2 unspecified atom stereocenters. The second kappa shape index (κ2) is 18.4. The van der Waals surface area contributed by atoms with Crippen LogP contribution in [0.25, 0.3) is 11.1 Å². The molecule has 0 bridgehead atoms. The standard InChI is InChI=1S/C40H42Cl2N6O4/c1-7-25-13-11-14-26(8-2)37(25)43-39(51)35(23(5)49)47-45-29-17-19-31(33(41)21-29)32-20-18-30(22-34(32)42)46-48-36(24(6)50)40(52)44-38-27(9-3)15-12-16-28(38)10-4/h11-22,35-36H,7-10H2,1-6H3,(H,43,51)(H,44,52). The molecule has 12 heteroatoms. The molecule has 2 atom stereocenters. The number of rotatable bonds is 15. The number of aryl methyl sites for hydroxylation is 4. The lowest BCUT2D eigenvalue weighted by atomic mass is 10.0. The van der Waals surface area contributed by atoms with E-state index < -0.39 is 35.5 Å². The van der Waals surface area contributed by atoms with E-state index in [9.17, 15) is 19.2 Å². The van der Waals surface area contributed by atoms with E-state index in [1.807, 2.05) is 64.1 Å². The summed E-state index contributed by atoms with van der Waals surface area (Å²) in [4.78, 5) is 51.2. The number of benzene rings is 4. The second-order valence-corrected chi connectivity index (χ2v) is 12.9. The summed E-state index contributed by atoms with van der Waals surface area (Å²) < 4.78 is 0. The van der Waals surface area contributed by atoms with Gasteiger partial charge in [-0.3, -0.25) is 19.2 Å². The molecule has 10 nitrogen and oxygen atoms in total. The minimum Gasteiger partial charge on any atom is -0.323 e. The van der Waals surface area contributed by atoms with Crippen LogP contribution >= 0.6 is 23.2 Å². The summed E-state index contributed by atoms with van der Waals surface area (Å²) in [7, 11) is 0. The Morgan fingerprint density at radius 2 is 0.885 bits per heavy atom. The van der Waals surface area contributed by atoms with Crippen molar-refractivity contribution in [1.82, 2.24) is 0 Å². The number of nitrogens with zero attached hydrogens (tertiary/aromatic N) is 4. The van der Waals surface area contributed by atoms with Crippen LogP contribution in [-0.2, 0) is 44.9 Å². The minimum atomic E-state index is -1.35. The number of halogens is 2. The number of hydrogen-bond acceptors (Lipinski definition) is 8. The number of hydrogen-bond donors (Lipinski definition) is 2. The molecule has 0 heterocycles. The van der Waals surface area contributed by atoms with Crippen molar-refractivity contribution < 1.29 is 19.2 Å². The van der Waals surface area contributed by atoms with Gasteiger partial charge < -0.3 is 10.6 Å². The van der Waals surface area contributed by atoms with Crippen LogP contribution in [0.3, 0.4) is 0 Å². The zero-order chi connectivity index (χ0) is 37.9. The van der Waals surface area contributed by atoms with Crippen molar-refractivity contribution in [1.29, 1.82) is 0 Å². The topological polar surface area (TPSA) is 142 Å². The summed E-state index contributed by atoms with van der Waals surface area (Å²) in [6.45, 7) is 10.6. The van der Waals surface area contributed by atoms with Crippen LogP contribution in [0, 0.1) is 0 Å². The fourth-order valence-corrected chi connectivity index (χ4v) is 6.20. The molecular weight excluding hydrogens is 699 g/mol. The SMILES string of the molecule is CCc1cccc(CC)c1NC(=O)C(N=Nc1ccc(-c2ccc(N=NC(C(C)=O)C(=O)Nc3c(CC)cccc3CC)cc2Cl)c(Cl)c1)C(C)=O. The first-order chi connectivity index (χ1) is 24.9. The lowest BCUT2D eigenvalue weighted by Gasteiger charge is -2.16. The average molecular weight is 742 g/mol. The monoisotopic (exact) mass is 740 g/mol. The Morgan fingerprint density at radius 1 is 0.558 bits per heavy atom. The van der Waals surface area contributed by atoms with Crippen LogP contribution in [0.2, 0.25) is 10.0 Å². The lowest BCUT2D eigenvalue weighted by molar-refractivity contribution is -0.127. The predicted molar refractivity (Wildman–Crippen MR) is 208 cm³/mol. The lowest BCUT2D eigenvalue weighted by Crippen LogP contribution is -2.32. The van der Waals surface area contributed by atoms with Gasteiger partial charge in [0.15, 0.2) is 11.6 Å². The van der Waals surface area contributed by atoms with Crippen molar-refractivity contribution in [3.05, 3.63) is 105 Å². The first kappa shape index (κ1) is 39.7. The van der Waals surface area contributed by atoms with Crippen LogP contribution in [0.4, 0.5) is 22.7 Å². The summed E-state index contributed by atoms with van der Waals surface area (Å²) in [5.41, 5.74) is 7.08. The molecule has 4 rings (SSSR count). The Balaban J connectivity index is 1.50. The molecule has 270 valence electrons. The van der Waals surface area contributed by atoms with Crippen LogP contribution in [0.5, 0.6) is 0 Å². The van der Waals surface area contributed by atoms with Crippen molar-refractivity contribution in [2.24, 2.45) is 20.5 Å². The normalized spacial score (nSPS) is 12.5. The van der Waals surface area contributed by atoms with Gasteiger partial charge in [0.2, 0.25) is 12.1 Å². The second-order valence-electron chi connectivity index (χ2n) is 12.1.